The van der Waals surface area contributed by atoms with Gasteiger partial charge in [0, 0.05) is 10.8 Å². The van der Waals surface area contributed by atoms with E-state index in [4.69, 9.17) is 4.74 Å². The van der Waals surface area contributed by atoms with Gasteiger partial charge in [0.1, 0.15) is 11.5 Å². The third kappa shape index (κ3) is 2.12. The van der Waals surface area contributed by atoms with E-state index in [1.54, 1.807) is 0 Å². The predicted molar refractivity (Wildman–Crippen MR) is 109 cm³/mol. The van der Waals surface area contributed by atoms with Gasteiger partial charge in [-0.2, -0.15) is 0 Å². The number of hydrogen-bond donors (Lipinski definition) is 0. The molecule has 6 rings (SSSR count). The summed E-state index contributed by atoms with van der Waals surface area (Å²) in [5.41, 5.74) is 5.02. The average molecular weight is 344 g/mol. The first-order valence-corrected chi connectivity index (χ1v) is 9.21. The largest absolute Gasteiger partial charge is 0.456 e. The van der Waals surface area contributed by atoms with Crippen LogP contribution in [0.25, 0.3) is 23.3 Å². The van der Waals surface area contributed by atoms with Gasteiger partial charge in [0.15, 0.2) is 0 Å². The predicted octanol–water partition coefficient (Wildman–Crippen LogP) is 4.72. The molecular formula is C26H16O. The van der Waals surface area contributed by atoms with Crippen molar-refractivity contribution >= 4 is 12.2 Å². The van der Waals surface area contributed by atoms with Gasteiger partial charge in [0.2, 0.25) is 0 Å². The SMILES string of the molecule is C1=c2c(cccc2=c2cccc3c2=Cc2ccccc2-3)Oc2ccccc21. The van der Waals surface area contributed by atoms with Crippen LogP contribution in [0.15, 0.2) is 84.9 Å². The number of fused-ring (bicyclic) bond motifs is 5. The zero-order valence-electron chi connectivity index (χ0n) is 14.6. The van der Waals surface area contributed by atoms with E-state index in [2.05, 4.69) is 78.9 Å². The Morgan fingerprint density at radius 2 is 1.07 bits per heavy atom. The molecular weight excluding hydrogens is 328 g/mol. The van der Waals surface area contributed by atoms with Crippen LogP contribution in [0.1, 0.15) is 11.1 Å². The molecule has 1 aliphatic heterocycles. The van der Waals surface area contributed by atoms with Gasteiger partial charge in [-0.1, -0.05) is 72.8 Å². The van der Waals surface area contributed by atoms with Crippen molar-refractivity contribution in [3.63, 3.8) is 0 Å². The lowest BCUT2D eigenvalue weighted by molar-refractivity contribution is 0.473. The molecule has 0 aromatic heterocycles. The zero-order chi connectivity index (χ0) is 17.8. The van der Waals surface area contributed by atoms with Crippen molar-refractivity contribution in [2.45, 2.75) is 0 Å². The molecule has 0 N–H and O–H groups in total. The van der Waals surface area contributed by atoms with Crippen molar-refractivity contribution in [2.24, 2.45) is 0 Å². The van der Waals surface area contributed by atoms with Crippen molar-refractivity contribution in [3.8, 4) is 22.6 Å². The topological polar surface area (TPSA) is 9.23 Å². The van der Waals surface area contributed by atoms with Gasteiger partial charge in [0.25, 0.3) is 0 Å². The molecule has 4 aromatic carbocycles. The van der Waals surface area contributed by atoms with Crippen LogP contribution in [0.5, 0.6) is 11.5 Å². The summed E-state index contributed by atoms with van der Waals surface area (Å²) in [7, 11) is 0. The van der Waals surface area contributed by atoms with E-state index in [-0.39, 0.29) is 0 Å². The van der Waals surface area contributed by atoms with Crippen molar-refractivity contribution in [2.75, 3.05) is 0 Å². The third-order valence-electron chi connectivity index (χ3n) is 5.45. The van der Waals surface area contributed by atoms with Crippen LogP contribution in [-0.4, -0.2) is 0 Å². The Kier molecular flexibility index (Phi) is 2.95. The molecule has 0 saturated carbocycles. The monoisotopic (exact) mass is 344 g/mol. The Morgan fingerprint density at radius 3 is 2.00 bits per heavy atom. The minimum Gasteiger partial charge on any atom is -0.456 e. The number of rotatable bonds is 0. The highest BCUT2D eigenvalue weighted by Crippen LogP contribution is 2.28. The summed E-state index contributed by atoms with van der Waals surface area (Å²) in [6.45, 7) is 0. The molecule has 1 nitrogen and oxygen atoms in total. The fourth-order valence-electron chi connectivity index (χ4n) is 4.20. The Hall–Kier alpha value is -3.58. The molecule has 27 heavy (non-hydrogen) atoms. The van der Waals surface area contributed by atoms with Crippen molar-refractivity contribution in [1.82, 2.24) is 0 Å². The molecule has 0 atom stereocenters. The normalized spacial score (nSPS) is 13.9. The van der Waals surface area contributed by atoms with E-state index in [0.29, 0.717) is 0 Å². The molecule has 0 bridgehead atoms. The Balaban J connectivity index is 1.80. The molecule has 0 amide bonds. The first-order valence-electron chi connectivity index (χ1n) is 9.21. The maximum absolute atomic E-state index is 6.18. The van der Waals surface area contributed by atoms with Crippen LogP contribution in [0.4, 0.5) is 0 Å². The van der Waals surface area contributed by atoms with Gasteiger partial charge in [-0.15, -0.1) is 0 Å². The lowest BCUT2D eigenvalue weighted by atomic mass is 10.0. The van der Waals surface area contributed by atoms with Crippen molar-refractivity contribution in [3.05, 3.63) is 117 Å². The molecule has 1 heterocycles. The van der Waals surface area contributed by atoms with Crippen LogP contribution in [0.3, 0.4) is 0 Å². The lowest BCUT2D eigenvalue weighted by Crippen LogP contribution is -2.15. The molecule has 0 saturated heterocycles. The Bertz CT molecular complexity index is 1440. The van der Waals surface area contributed by atoms with E-state index in [1.807, 2.05) is 18.2 Å². The smallest absolute Gasteiger partial charge is 0.135 e. The zero-order valence-corrected chi connectivity index (χ0v) is 14.6. The number of ether oxygens (including phenoxy) is 1. The van der Waals surface area contributed by atoms with Crippen LogP contribution in [-0.2, 0) is 0 Å². The second kappa shape index (κ2) is 5.46. The van der Waals surface area contributed by atoms with Gasteiger partial charge < -0.3 is 4.74 Å². The molecule has 0 spiro atoms. The van der Waals surface area contributed by atoms with Gasteiger partial charge in [-0.05, 0) is 56.6 Å². The Labute approximate surface area is 156 Å². The summed E-state index contributed by atoms with van der Waals surface area (Å²) in [6.07, 6.45) is 4.54. The van der Waals surface area contributed by atoms with E-state index < -0.39 is 0 Å². The van der Waals surface area contributed by atoms with Gasteiger partial charge >= 0.3 is 0 Å². The standard InChI is InChI=1S/C26H16O/c1-3-9-19-17(7-1)15-23-20(19)10-5-11-21(23)22-12-6-14-26-24(22)16-18-8-2-4-13-25(18)27-26/h1-16H. The maximum Gasteiger partial charge on any atom is 0.135 e. The second-order valence-electron chi connectivity index (χ2n) is 7.00. The van der Waals surface area contributed by atoms with Gasteiger partial charge in [-0.3, -0.25) is 0 Å². The highest BCUT2D eigenvalue weighted by molar-refractivity contribution is 5.82. The van der Waals surface area contributed by atoms with Crippen LogP contribution in [0, 0.1) is 10.4 Å². The number of benzene rings is 4. The summed E-state index contributed by atoms with van der Waals surface area (Å²) >= 11 is 0. The van der Waals surface area contributed by atoms with Crippen LogP contribution in [0.2, 0.25) is 0 Å². The minimum absolute atomic E-state index is 0.916. The van der Waals surface area contributed by atoms with Crippen LogP contribution < -0.4 is 15.2 Å². The summed E-state index contributed by atoms with van der Waals surface area (Å²) in [4.78, 5) is 0. The lowest BCUT2D eigenvalue weighted by Gasteiger charge is -2.14. The molecule has 2 aliphatic rings. The van der Waals surface area contributed by atoms with Crippen LogP contribution >= 0.6 is 0 Å². The van der Waals surface area contributed by atoms with Gasteiger partial charge in [-0.25, -0.2) is 0 Å². The van der Waals surface area contributed by atoms with E-state index in [9.17, 15) is 0 Å². The highest BCUT2D eigenvalue weighted by atomic mass is 16.5. The maximum atomic E-state index is 6.18. The Morgan fingerprint density at radius 1 is 0.444 bits per heavy atom. The average Bonchev–Trinajstić information content (AvgIpc) is 3.11. The second-order valence-corrected chi connectivity index (χ2v) is 7.00. The fraction of sp³-hybridized carbons (Fsp3) is 0. The van der Waals surface area contributed by atoms with E-state index >= 15 is 0 Å². The first-order chi connectivity index (χ1) is 13.4. The summed E-state index contributed by atoms with van der Waals surface area (Å²) in [6, 6.07) is 29.7. The van der Waals surface area contributed by atoms with Gasteiger partial charge in [0.05, 0.1) is 0 Å². The highest BCUT2D eigenvalue weighted by Gasteiger charge is 2.13. The molecule has 0 unspecified atom stereocenters. The molecule has 1 aliphatic carbocycles. The minimum atomic E-state index is 0.916. The van der Waals surface area contributed by atoms with Crippen molar-refractivity contribution < 1.29 is 4.74 Å². The summed E-state index contributed by atoms with van der Waals surface area (Å²) in [5, 5.41) is 4.90. The van der Waals surface area contributed by atoms with Crippen molar-refractivity contribution in [1.29, 1.82) is 0 Å². The van der Waals surface area contributed by atoms with E-state index in [0.717, 1.165) is 22.3 Å². The quantitative estimate of drug-likeness (QED) is 0.387. The third-order valence-corrected chi connectivity index (χ3v) is 5.45. The molecule has 0 fully saturated rings. The number of para-hydroxylation sites is 1. The molecule has 1 heteroatoms. The molecule has 4 aromatic rings. The van der Waals surface area contributed by atoms with E-state index in [1.165, 1.54) is 32.3 Å². The summed E-state index contributed by atoms with van der Waals surface area (Å²) in [5.74, 6) is 1.83. The molecule has 0 radical (unpaired) electrons. The first kappa shape index (κ1) is 14.6. The molecule has 126 valence electrons. The summed E-state index contributed by atoms with van der Waals surface area (Å²) < 4.78 is 6.18. The number of hydrogen-bond acceptors (Lipinski definition) is 1. The fourth-order valence-corrected chi connectivity index (χ4v) is 4.20.